The van der Waals surface area contributed by atoms with E-state index in [0.717, 1.165) is 44.7 Å². The van der Waals surface area contributed by atoms with Gasteiger partial charge in [-0.05, 0) is 25.2 Å². The summed E-state index contributed by atoms with van der Waals surface area (Å²) in [5.74, 6) is 1.92. The lowest BCUT2D eigenvalue weighted by Gasteiger charge is -2.23. The Morgan fingerprint density at radius 1 is 1.44 bits per heavy atom. The molecule has 1 saturated heterocycles. The van der Waals surface area contributed by atoms with Gasteiger partial charge in [-0.25, -0.2) is 0 Å². The summed E-state index contributed by atoms with van der Waals surface area (Å²) in [6.45, 7) is 4.95. The zero-order valence-electron chi connectivity index (χ0n) is 9.95. The molecule has 0 aromatic rings. The second kappa shape index (κ2) is 7.32. The topological polar surface area (TPSA) is 36.9 Å². The number of nitrogens with one attached hydrogen (secondary N) is 1. The van der Waals surface area contributed by atoms with Crippen molar-refractivity contribution in [3.05, 3.63) is 0 Å². The van der Waals surface area contributed by atoms with Crippen LogP contribution in [0.3, 0.4) is 0 Å². The highest BCUT2D eigenvalue weighted by atomic mass is 127. The third-order valence-electron chi connectivity index (χ3n) is 3.24. The quantitative estimate of drug-likeness (QED) is 0.788. The van der Waals surface area contributed by atoms with Gasteiger partial charge in [0, 0.05) is 33.4 Å². The van der Waals surface area contributed by atoms with Crippen LogP contribution in [0.1, 0.15) is 19.3 Å². The van der Waals surface area contributed by atoms with Gasteiger partial charge in [-0.1, -0.05) is 0 Å². The molecule has 16 heavy (non-hydrogen) atoms. The van der Waals surface area contributed by atoms with E-state index in [9.17, 15) is 0 Å². The van der Waals surface area contributed by atoms with Crippen molar-refractivity contribution in [2.45, 2.75) is 19.3 Å². The fourth-order valence-electron chi connectivity index (χ4n) is 2.15. The third-order valence-corrected chi connectivity index (χ3v) is 3.24. The van der Waals surface area contributed by atoms with Crippen LogP contribution in [0.4, 0.5) is 0 Å². The fourth-order valence-corrected chi connectivity index (χ4v) is 2.15. The molecule has 0 aromatic heterocycles. The van der Waals surface area contributed by atoms with Crippen molar-refractivity contribution in [2.24, 2.45) is 10.9 Å². The van der Waals surface area contributed by atoms with Crippen LogP contribution in [0.15, 0.2) is 4.99 Å². The first-order valence-corrected chi connectivity index (χ1v) is 5.93. The molecule has 0 aromatic carbocycles. The molecule has 5 heteroatoms. The predicted molar refractivity (Wildman–Crippen MR) is 76.5 cm³/mol. The van der Waals surface area contributed by atoms with Crippen LogP contribution in [0, 0.1) is 5.92 Å². The van der Waals surface area contributed by atoms with Gasteiger partial charge in [-0.15, -0.1) is 24.0 Å². The fraction of sp³-hybridized carbons (Fsp3) is 0.909. The van der Waals surface area contributed by atoms with Crippen molar-refractivity contribution in [1.29, 1.82) is 0 Å². The van der Waals surface area contributed by atoms with Gasteiger partial charge in [0.1, 0.15) is 0 Å². The number of rotatable bonds is 3. The Balaban J connectivity index is 0.00000128. The molecule has 4 nitrogen and oxygen atoms in total. The number of ether oxygens (including phenoxy) is 1. The van der Waals surface area contributed by atoms with Crippen molar-refractivity contribution in [3.63, 3.8) is 0 Å². The first kappa shape index (κ1) is 14.0. The minimum Gasteiger partial charge on any atom is -0.381 e. The van der Waals surface area contributed by atoms with E-state index in [2.05, 4.69) is 22.3 Å². The molecule has 0 amide bonds. The van der Waals surface area contributed by atoms with Gasteiger partial charge in [0.2, 0.25) is 0 Å². The van der Waals surface area contributed by atoms with Crippen molar-refractivity contribution in [2.75, 3.05) is 39.9 Å². The number of likely N-dealkylation sites (N-methyl/N-ethyl adjacent to an activating group) is 1. The zero-order valence-corrected chi connectivity index (χ0v) is 12.3. The number of hydrogen-bond donors (Lipinski definition) is 1. The second-order valence-corrected chi connectivity index (χ2v) is 4.40. The Labute approximate surface area is 115 Å². The molecule has 1 fully saturated rings. The van der Waals surface area contributed by atoms with Crippen LogP contribution in [0.5, 0.6) is 0 Å². The average Bonchev–Trinajstić information content (AvgIpc) is 2.66. The summed E-state index contributed by atoms with van der Waals surface area (Å²) < 4.78 is 5.34. The first-order chi connectivity index (χ1) is 7.36. The van der Waals surface area contributed by atoms with Gasteiger partial charge in [0.05, 0.1) is 6.54 Å². The van der Waals surface area contributed by atoms with Crippen LogP contribution in [0.2, 0.25) is 0 Å². The molecule has 1 N–H and O–H groups in total. The van der Waals surface area contributed by atoms with Crippen LogP contribution < -0.4 is 5.32 Å². The minimum absolute atomic E-state index is 0. The Hall–Kier alpha value is -0.0400. The maximum absolute atomic E-state index is 5.34. The maximum Gasteiger partial charge on any atom is 0.193 e. The first-order valence-electron chi connectivity index (χ1n) is 5.93. The van der Waals surface area contributed by atoms with Gasteiger partial charge >= 0.3 is 0 Å². The van der Waals surface area contributed by atoms with Crippen molar-refractivity contribution in [1.82, 2.24) is 10.2 Å². The number of hydrogen-bond acceptors (Lipinski definition) is 4. The van der Waals surface area contributed by atoms with Crippen molar-refractivity contribution >= 4 is 29.9 Å². The molecule has 0 unspecified atom stereocenters. The summed E-state index contributed by atoms with van der Waals surface area (Å²) in [5, 5.41) is 3.41. The molecule has 0 radical (unpaired) electrons. The molecule has 2 aliphatic rings. The molecular weight excluding hydrogens is 317 g/mol. The highest BCUT2D eigenvalue weighted by Crippen LogP contribution is 2.17. The number of nitrogens with zero attached hydrogens (tertiary/aromatic N) is 2. The molecule has 2 aliphatic heterocycles. The van der Waals surface area contributed by atoms with Crippen molar-refractivity contribution < 1.29 is 4.74 Å². The second-order valence-electron chi connectivity index (χ2n) is 4.40. The van der Waals surface area contributed by atoms with Gasteiger partial charge in [0.25, 0.3) is 0 Å². The summed E-state index contributed by atoms with van der Waals surface area (Å²) >= 11 is 0. The van der Waals surface area contributed by atoms with Crippen molar-refractivity contribution in [3.8, 4) is 0 Å². The van der Waals surface area contributed by atoms with Crippen LogP contribution in [0.25, 0.3) is 0 Å². The van der Waals surface area contributed by atoms with Crippen LogP contribution in [-0.2, 0) is 4.74 Å². The highest BCUT2D eigenvalue weighted by Gasteiger charge is 2.15. The van der Waals surface area contributed by atoms with Gasteiger partial charge in [0.15, 0.2) is 5.96 Å². The van der Waals surface area contributed by atoms with Crippen LogP contribution >= 0.6 is 24.0 Å². The summed E-state index contributed by atoms with van der Waals surface area (Å²) in [6.07, 6.45) is 3.70. The summed E-state index contributed by atoms with van der Waals surface area (Å²) in [4.78, 5) is 6.59. The molecule has 0 saturated carbocycles. The zero-order chi connectivity index (χ0) is 10.5. The lowest BCUT2D eigenvalue weighted by atomic mass is 9.97. The SMILES string of the molecule is CN1CCN=C1NCCC1CCOCC1.I. The van der Waals surface area contributed by atoms with E-state index in [1.165, 1.54) is 19.3 Å². The van der Waals surface area contributed by atoms with E-state index in [0.29, 0.717) is 0 Å². The monoisotopic (exact) mass is 339 g/mol. The Morgan fingerprint density at radius 3 is 2.81 bits per heavy atom. The van der Waals surface area contributed by atoms with E-state index >= 15 is 0 Å². The highest BCUT2D eigenvalue weighted by molar-refractivity contribution is 14.0. The minimum atomic E-state index is 0. The van der Waals surface area contributed by atoms with E-state index in [4.69, 9.17) is 4.74 Å². The number of guanidine groups is 1. The summed E-state index contributed by atoms with van der Waals surface area (Å²) in [5.41, 5.74) is 0. The Bertz CT molecular complexity index is 229. The van der Waals surface area contributed by atoms with E-state index in [1.54, 1.807) is 0 Å². The van der Waals surface area contributed by atoms with E-state index in [1.807, 2.05) is 0 Å². The maximum atomic E-state index is 5.34. The molecule has 94 valence electrons. The summed E-state index contributed by atoms with van der Waals surface area (Å²) in [6, 6.07) is 0. The predicted octanol–water partition coefficient (Wildman–Crippen LogP) is 1.31. The molecule has 2 heterocycles. The van der Waals surface area contributed by atoms with Gasteiger partial charge < -0.3 is 15.0 Å². The average molecular weight is 339 g/mol. The lowest BCUT2D eigenvalue weighted by Crippen LogP contribution is -2.36. The normalized spacial score (nSPS) is 21.6. The van der Waals surface area contributed by atoms with Gasteiger partial charge in [-0.3, -0.25) is 4.99 Å². The number of halogens is 1. The molecular formula is C11H22IN3O. The van der Waals surface area contributed by atoms with Crippen LogP contribution in [-0.4, -0.2) is 50.8 Å². The van der Waals surface area contributed by atoms with Gasteiger partial charge in [-0.2, -0.15) is 0 Å². The van der Waals surface area contributed by atoms with E-state index < -0.39 is 0 Å². The largest absolute Gasteiger partial charge is 0.381 e. The third kappa shape index (κ3) is 4.08. The lowest BCUT2D eigenvalue weighted by molar-refractivity contribution is 0.0643. The number of aliphatic imine (C=N–C) groups is 1. The molecule has 2 rings (SSSR count). The molecule has 0 spiro atoms. The standard InChI is InChI=1S/C11H21N3O.HI/c1-14-7-6-13-11(14)12-5-2-10-3-8-15-9-4-10;/h10H,2-9H2,1H3,(H,12,13);1H. The molecule has 0 aliphatic carbocycles. The summed E-state index contributed by atoms with van der Waals surface area (Å²) in [7, 11) is 2.09. The smallest absolute Gasteiger partial charge is 0.193 e. The molecule has 0 atom stereocenters. The Morgan fingerprint density at radius 2 is 2.19 bits per heavy atom. The van der Waals surface area contributed by atoms with E-state index in [-0.39, 0.29) is 24.0 Å². The Kier molecular flexibility index (Phi) is 6.41. The molecule has 0 bridgehead atoms.